The fourth-order valence-electron chi connectivity index (χ4n) is 2.79. The van der Waals surface area contributed by atoms with E-state index in [4.69, 9.17) is 4.74 Å². The van der Waals surface area contributed by atoms with Crippen LogP contribution in [0.25, 0.3) is 0 Å². The van der Waals surface area contributed by atoms with Gasteiger partial charge in [0.1, 0.15) is 19.0 Å². The predicted octanol–water partition coefficient (Wildman–Crippen LogP) is 1.77. The maximum atomic E-state index is 12.6. The SMILES string of the molecule is CN(CCOc1ccc(C(F)(F)F)cn1)C(=O)Cn1cc(NC(=O)CCNc2ccnc(O)n2)cn1. The van der Waals surface area contributed by atoms with Crippen LogP contribution in [0.15, 0.2) is 43.0 Å². The molecule has 0 unspecified atom stereocenters. The summed E-state index contributed by atoms with van der Waals surface area (Å²) in [6.45, 7) is 0.376. The van der Waals surface area contributed by atoms with Gasteiger partial charge >= 0.3 is 12.2 Å². The highest BCUT2D eigenvalue weighted by Crippen LogP contribution is 2.29. The fraction of sp³-hybridized carbons (Fsp3) is 0.333. The third-order valence-electron chi connectivity index (χ3n) is 4.68. The maximum Gasteiger partial charge on any atom is 0.417 e. The van der Waals surface area contributed by atoms with Gasteiger partial charge in [0.2, 0.25) is 17.7 Å². The molecule has 0 bridgehead atoms. The number of halogens is 3. The van der Waals surface area contributed by atoms with E-state index in [0.29, 0.717) is 17.7 Å². The van der Waals surface area contributed by atoms with Crippen molar-refractivity contribution >= 4 is 23.3 Å². The monoisotopic (exact) mass is 508 g/mol. The number of hydrogen-bond donors (Lipinski definition) is 3. The van der Waals surface area contributed by atoms with Crippen molar-refractivity contribution in [3.05, 3.63) is 48.5 Å². The molecule has 0 atom stereocenters. The Kier molecular flexibility index (Phi) is 8.59. The molecule has 0 saturated carbocycles. The summed E-state index contributed by atoms with van der Waals surface area (Å²) in [5.74, 6) is -0.191. The molecular weight excluding hydrogens is 485 g/mol. The van der Waals surface area contributed by atoms with Crippen molar-refractivity contribution in [1.29, 1.82) is 0 Å². The summed E-state index contributed by atoms with van der Waals surface area (Å²) in [6, 6.07) is 3.15. The zero-order valence-electron chi connectivity index (χ0n) is 19.1. The molecule has 0 radical (unpaired) electrons. The average molecular weight is 508 g/mol. The molecule has 192 valence electrons. The molecule has 3 rings (SSSR count). The van der Waals surface area contributed by atoms with Gasteiger partial charge in [0, 0.05) is 44.7 Å². The fourth-order valence-corrected chi connectivity index (χ4v) is 2.79. The Morgan fingerprint density at radius 3 is 2.69 bits per heavy atom. The molecule has 3 aromatic rings. The molecule has 3 N–H and O–H groups in total. The van der Waals surface area contributed by atoms with E-state index in [1.165, 1.54) is 28.2 Å². The number of hydrogen-bond acceptors (Lipinski definition) is 9. The maximum absolute atomic E-state index is 12.6. The minimum absolute atomic E-state index is 0.0155. The van der Waals surface area contributed by atoms with Crippen molar-refractivity contribution in [3.63, 3.8) is 0 Å². The molecule has 0 aliphatic carbocycles. The second-order valence-electron chi connectivity index (χ2n) is 7.44. The lowest BCUT2D eigenvalue weighted by Gasteiger charge is -2.17. The number of likely N-dealkylation sites (N-methyl/N-ethyl adjacent to an activating group) is 1. The van der Waals surface area contributed by atoms with Crippen molar-refractivity contribution in [1.82, 2.24) is 29.6 Å². The molecule has 0 saturated heterocycles. The molecule has 0 aliphatic heterocycles. The molecular formula is C21H23F3N8O4. The van der Waals surface area contributed by atoms with Crippen LogP contribution in [0.5, 0.6) is 11.9 Å². The minimum Gasteiger partial charge on any atom is -0.479 e. The first-order chi connectivity index (χ1) is 17.1. The van der Waals surface area contributed by atoms with E-state index in [2.05, 4.69) is 30.7 Å². The van der Waals surface area contributed by atoms with Gasteiger partial charge in [-0.2, -0.15) is 23.3 Å². The summed E-state index contributed by atoms with van der Waals surface area (Å²) >= 11 is 0. The zero-order chi connectivity index (χ0) is 26.1. The van der Waals surface area contributed by atoms with Crippen molar-refractivity contribution in [2.45, 2.75) is 19.1 Å². The number of ether oxygens (including phenoxy) is 1. The van der Waals surface area contributed by atoms with Crippen LogP contribution in [0.1, 0.15) is 12.0 Å². The largest absolute Gasteiger partial charge is 0.479 e. The van der Waals surface area contributed by atoms with Gasteiger partial charge in [-0.3, -0.25) is 14.3 Å². The average Bonchev–Trinajstić information content (AvgIpc) is 3.25. The van der Waals surface area contributed by atoms with Gasteiger partial charge in [-0.25, -0.2) is 9.97 Å². The van der Waals surface area contributed by atoms with Gasteiger partial charge in [-0.05, 0) is 12.1 Å². The normalized spacial score (nSPS) is 11.1. The van der Waals surface area contributed by atoms with E-state index in [0.717, 1.165) is 12.1 Å². The first-order valence-corrected chi connectivity index (χ1v) is 10.6. The smallest absolute Gasteiger partial charge is 0.417 e. The molecule has 0 fully saturated rings. The number of aromatic nitrogens is 5. The first-order valence-electron chi connectivity index (χ1n) is 10.6. The van der Waals surface area contributed by atoms with Gasteiger partial charge < -0.3 is 25.4 Å². The number of nitrogens with one attached hydrogen (secondary N) is 2. The number of rotatable bonds is 11. The van der Waals surface area contributed by atoms with Crippen LogP contribution in [0, 0.1) is 0 Å². The molecule has 0 aliphatic rings. The Labute approximate surface area is 203 Å². The summed E-state index contributed by atoms with van der Waals surface area (Å²) in [6.07, 6.45) is 0.600. The number of amides is 2. The molecule has 2 amide bonds. The Balaban J connectivity index is 1.36. The van der Waals surface area contributed by atoms with E-state index in [1.54, 1.807) is 13.1 Å². The lowest BCUT2D eigenvalue weighted by atomic mass is 10.3. The predicted molar refractivity (Wildman–Crippen MR) is 120 cm³/mol. The first kappa shape index (κ1) is 26.2. The highest BCUT2D eigenvalue weighted by Gasteiger charge is 2.30. The number of carbonyl (C=O) groups excluding carboxylic acids is 2. The molecule has 12 nitrogen and oxygen atoms in total. The lowest BCUT2D eigenvalue weighted by molar-refractivity contribution is -0.138. The molecule has 3 heterocycles. The van der Waals surface area contributed by atoms with Crippen LogP contribution >= 0.6 is 0 Å². The van der Waals surface area contributed by atoms with Crippen LogP contribution in [0.4, 0.5) is 24.7 Å². The zero-order valence-corrected chi connectivity index (χ0v) is 19.1. The van der Waals surface area contributed by atoms with Crippen LogP contribution < -0.4 is 15.4 Å². The highest BCUT2D eigenvalue weighted by molar-refractivity contribution is 5.90. The Morgan fingerprint density at radius 2 is 2.00 bits per heavy atom. The van der Waals surface area contributed by atoms with E-state index >= 15 is 0 Å². The van der Waals surface area contributed by atoms with Crippen LogP contribution in [0.3, 0.4) is 0 Å². The third-order valence-corrected chi connectivity index (χ3v) is 4.68. The molecule has 36 heavy (non-hydrogen) atoms. The molecule has 3 aromatic heterocycles. The number of carbonyl (C=O) groups is 2. The topological polar surface area (TPSA) is 147 Å². The molecule has 0 spiro atoms. The van der Waals surface area contributed by atoms with Crippen molar-refractivity contribution in [2.75, 3.05) is 37.4 Å². The highest BCUT2D eigenvalue weighted by atomic mass is 19.4. The van der Waals surface area contributed by atoms with E-state index < -0.39 is 11.7 Å². The summed E-state index contributed by atoms with van der Waals surface area (Å²) < 4.78 is 44.3. The summed E-state index contributed by atoms with van der Waals surface area (Å²) in [5, 5.41) is 18.8. The number of pyridine rings is 1. The summed E-state index contributed by atoms with van der Waals surface area (Å²) in [5.41, 5.74) is -0.469. The van der Waals surface area contributed by atoms with Gasteiger partial charge in [0.25, 0.3) is 0 Å². The number of alkyl halides is 3. The number of nitrogens with zero attached hydrogens (tertiary/aromatic N) is 6. The summed E-state index contributed by atoms with van der Waals surface area (Å²) in [4.78, 5) is 36.8. The Bertz CT molecular complexity index is 1170. The molecule has 0 aromatic carbocycles. The van der Waals surface area contributed by atoms with Crippen molar-refractivity contribution in [3.8, 4) is 11.9 Å². The van der Waals surface area contributed by atoms with E-state index in [-0.39, 0.29) is 56.4 Å². The Morgan fingerprint density at radius 1 is 1.19 bits per heavy atom. The number of anilines is 2. The van der Waals surface area contributed by atoms with Crippen molar-refractivity contribution < 1.29 is 32.6 Å². The van der Waals surface area contributed by atoms with Crippen LogP contribution in [0.2, 0.25) is 0 Å². The second kappa shape index (κ2) is 11.8. The lowest BCUT2D eigenvalue weighted by Crippen LogP contribution is -2.33. The van der Waals surface area contributed by atoms with E-state index in [1.807, 2.05) is 0 Å². The van der Waals surface area contributed by atoms with Crippen molar-refractivity contribution in [2.24, 2.45) is 0 Å². The molecule has 15 heteroatoms. The quantitative estimate of drug-likeness (QED) is 0.352. The van der Waals surface area contributed by atoms with Crippen LogP contribution in [-0.4, -0.2) is 73.3 Å². The van der Waals surface area contributed by atoms with Crippen LogP contribution in [-0.2, 0) is 22.3 Å². The Hall–Kier alpha value is -4.43. The van der Waals surface area contributed by atoms with Gasteiger partial charge in [-0.15, -0.1) is 0 Å². The minimum atomic E-state index is -4.48. The second-order valence-corrected chi connectivity index (χ2v) is 7.44. The summed E-state index contributed by atoms with van der Waals surface area (Å²) in [7, 11) is 1.54. The van der Waals surface area contributed by atoms with Gasteiger partial charge in [0.05, 0.1) is 24.0 Å². The number of aromatic hydroxyl groups is 1. The van der Waals surface area contributed by atoms with E-state index in [9.17, 15) is 27.9 Å². The van der Waals surface area contributed by atoms with Gasteiger partial charge in [0.15, 0.2) is 0 Å². The third kappa shape index (κ3) is 8.11. The van der Waals surface area contributed by atoms with Gasteiger partial charge in [-0.1, -0.05) is 0 Å². The standard InChI is InChI=1S/C21H23F3N8O4/c1-31(8-9-36-18-3-2-14(10-27-18)21(22,23)24)19(34)13-32-12-15(11-28-32)29-17(33)5-7-25-16-4-6-26-20(35)30-16/h2-4,6,10-12H,5,7-9,13H2,1H3,(H,29,33)(H2,25,26,30,35).